The lowest BCUT2D eigenvalue weighted by atomic mass is 10.0. The molecule has 9 nitrogen and oxygen atoms in total. The molecule has 220 valence electrons. The summed E-state index contributed by atoms with van der Waals surface area (Å²) in [6.07, 6.45) is 7.82. The van der Waals surface area contributed by atoms with E-state index < -0.39 is 18.1 Å². The van der Waals surface area contributed by atoms with Crippen LogP contribution in [0.5, 0.6) is 0 Å². The van der Waals surface area contributed by atoms with E-state index >= 15 is 0 Å². The molecule has 9 heteroatoms. The second-order valence-corrected chi connectivity index (χ2v) is 10.2. The summed E-state index contributed by atoms with van der Waals surface area (Å²) in [6.45, 7) is 15.8. The Bertz CT molecular complexity index is 1130. The lowest BCUT2D eigenvalue weighted by Crippen LogP contribution is -2.31. The maximum absolute atomic E-state index is 12.1. The molecular formula is C31H44N2O7. The first-order valence-corrected chi connectivity index (χ1v) is 13.8. The number of hydrogen-bond acceptors (Lipinski definition) is 7. The molecule has 2 rings (SSSR count). The second kappa shape index (κ2) is 17.8. The first-order valence-electron chi connectivity index (χ1n) is 13.8. The Morgan fingerprint density at radius 2 is 1.18 bits per heavy atom. The van der Waals surface area contributed by atoms with Gasteiger partial charge in [-0.05, 0) is 56.1 Å². The zero-order chi connectivity index (χ0) is 30.2. The molecule has 40 heavy (non-hydrogen) atoms. The van der Waals surface area contributed by atoms with Gasteiger partial charge in [-0.3, -0.25) is 9.59 Å². The number of aromatic nitrogens is 2. The SMILES string of the molecule is C=CCc1ccc(=O)n(C(CC(C)C)C(=O)OCC)c1.CCOC(=O)C(CC(C)C)n1cc(CC=O)ccc1=O. The summed E-state index contributed by atoms with van der Waals surface area (Å²) in [7, 11) is 0. The highest BCUT2D eigenvalue weighted by atomic mass is 16.5. The smallest absolute Gasteiger partial charge is 0.329 e. The number of esters is 2. The number of hydrogen-bond donors (Lipinski definition) is 0. The molecule has 0 aromatic carbocycles. The first kappa shape index (κ1) is 34.3. The minimum absolute atomic E-state index is 0.184. The van der Waals surface area contributed by atoms with E-state index in [-0.39, 0.29) is 36.0 Å². The molecule has 0 amide bonds. The summed E-state index contributed by atoms with van der Waals surface area (Å²) in [5.41, 5.74) is 1.21. The van der Waals surface area contributed by atoms with Crippen molar-refractivity contribution in [2.75, 3.05) is 13.2 Å². The van der Waals surface area contributed by atoms with E-state index in [1.54, 1.807) is 44.4 Å². The van der Waals surface area contributed by atoms with E-state index in [0.717, 1.165) is 11.8 Å². The average molecular weight is 557 g/mol. The number of nitrogens with zero attached hydrogens (tertiary/aromatic N) is 2. The van der Waals surface area contributed by atoms with E-state index in [1.807, 2.05) is 27.7 Å². The highest BCUT2D eigenvalue weighted by Crippen LogP contribution is 2.19. The normalized spacial score (nSPS) is 12.2. The molecule has 0 radical (unpaired) electrons. The molecule has 0 aliphatic rings. The number of aldehydes is 1. The van der Waals surface area contributed by atoms with Crippen molar-refractivity contribution < 1.29 is 23.9 Å². The molecule has 0 saturated carbocycles. The van der Waals surface area contributed by atoms with Gasteiger partial charge in [-0.1, -0.05) is 45.9 Å². The van der Waals surface area contributed by atoms with Crippen LogP contribution in [0.3, 0.4) is 0 Å². The van der Waals surface area contributed by atoms with Crippen molar-refractivity contribution >= 4 is 18.2 Å². The van der Waals surface area contributed by atoms with E-state index in [1.165, 1.54) is 21.3 Å². The molecule has 0 spiro atoms. The molecule has 2 aromatic rings. The van der Waals surface area contributed by atoms with Crippen molar-refractivity contribution in [3.8, 4) is 0 Å². The van der Waals surface area contributed by atoms with Gasteiger partial charge in [0.2, 0.25) is 0 Å². The van der Waals surface area contributed by atoms with Gasteiger partial charge in [0.15, 0.2) is 0 Å². The van der Waals surface area contributed by atoms with Crippen LogP contribution in [0.4, 0.5) is 0 Å². The topological polar surface area (TPSA) is 114 Å². The highest BCUT2D eigenvalue weighted by Gasteiger charge is 2.25. The molecule has 0 aliphatic carbocycles. The van der Waals surface area contributed by atoms with E-state index in [2.05, 4.69) is 6.58 Å². The maximum atomic E-state index is 12.1. The summed E-state index contributed by atoms with van der Waals surface area (Å²) >= 11 is 0. The lowest BCUT2D eigenvalue weighted by Gasteiger charge is -2.20. The van der Waals surface area contributed by atoms with Crippen molar-refractivity contribution in [2.45, 2.75) is 79.3 Å². The molecule has 0 bridgehead atoms. The van der Waals surface area contributed by atoms with Crippen molar-refractivity contribution in [3.63, 3.8) is 0 Å². The largest absolute Gasteiger partial charge is 0.464 e. The zero-order valence-corrected chi connectivity index (χ0v) is 24.6. The molecule has 0 aliphatic heterocycles. The fourth-order valence-corrected chi connectivity index (χ4v) is 4.11. The Morgan fingerprint density at radius 3 is 1.50 bits per heavy atom. The monoisotopic (exact) mass is 556 g/mol. The molecule has 0 fully saturated rings. The molecule has 2 heterocycles. The maximum Gasteiger partial charge on any atom is 0.329 e. The third kappa shape index (κ3) is 11.2. The fraction of sp³-hybridized carbons (Fsp3) is 0.516. The minimum Gasteiger partial charge on any atom is -0.464 e. The van der Waals surface area contributed by atoms with Crippen molar-refractivity contribution in [1.29, 1.82) is 0 Å². The summed E-state index contributed by atoms with van der Waals surface area (Å²) in [5, 5.41) is 0. The van der Waals surface area contributed by atoms with Gasteiger partial charge in [-0.25, -0.2) is 9.59 Å². The van der Waals surface area contributed by atoms with E-state index in [9.17, 15) is 24.0 Å². The zero-order valence-electron chi connectivity index (χ0n) is 24.6. The van der Waals surface area contributed by atoms with Crippen molar-refractivity contribution in [3.05, 3.63) is 81.1 Å². The summed E-state index contributed by atoms with van der Waals surface area (Å²) < 4.78 is 13.0. The molecular weight excluding hydrogens is 512 g/mol. The molecule has 0 saturated heterocycles. The van der Waals surface area contributed by atoms with Crippen molar-refractivity contribution in [1.82, 2.24) is 9.13 Å². The fourth-order valence-electron chi connectivity index (χ4n) is 4.11. The third-order valence-electron chi connectivity index (χ3n) is 5.88. The van der Waals surface area contributed by atoms with E-state index in [4.69, 9.17) is 9.47 Å². The van der Waals surface area contributed by atoms with Crippen molar-refractivity contribution in [2.24, 2.45) is 11.8 Å². The Morgan fingerprint density at radius 1 is 0.775 bits per heavy atom. The van der Waals surface area contributed by atoms with Gasteiger partial charge in [-0.15, -0.1) is 6.58 Å². The standard InChI is InChI=1S/C16H23NO3.C15H21NO4/c1-5-7-13-8-9-15(18)17(11-13)14(10-12(3)4)16(19)20-6-2;1-4-20-15(19)13(9-11(2)3)16-10-12(7-8-17)5-6-14(16)18/h5,8-9,11-12,14H,1,6-7,10H2,2-4H3;5-6,8,10-11,13H,4,7,9H2,1-3H3. The van der Waals surface area contributed by atoms with Gasteiger partial charge in [-0.2, -0.15) is 0 Å². The summed E-state index contributed by atoms with van der Waals surface area (Å²) in [5.74, 6) is -0.226. The van der Waals surface area contributed by atoms with Crippen LogP contribution >= 0.6 is 0 Å². The number of pyridine rings is 2. The number of allylic oxidation sites excluding steroid dienone is 1. The van der Waals surface area contributed by atoms with E-state index in [0.29, 0.717) is 37.4 Å². The number of carbonyl (C=O) groups excluding carboxylic acids is 3. The van der Waals surface area contributed by atoms with Gasteiger partial charge >= 0.3 is 11.9 Å². The Kier molecular flexibility index (Phi) is 15.2. The Hall–Kier alpha value is -3.75. The number of ether oxygens (including phenoxy) is 2. The van der Waals surface area contributed by atoms with Gasteiger partial charge < -0.3 is 23.4 Å². The average Bonchev–Trinajstić information content (AvgIpc) is 2.89. The summed E-state index contributed by atoms with van der Waals surface area (Å²) in [6, 6.07) is 5.03. The van der Waals surface area contributed by atoms with Crippen LogP contribution in [0.25, 0.3) is 0 Å². The van der Waals surface area contributed by atoms with Gasteiger partial charge in [0.1, 0.15) is 18.4 Å². The van der Waals surface area contributed by atoms with Gasteiger partial charge in [0, 0.05) is 30.9 Å². The van der Waals surface area contributed by atoms with Crippen LogP contribution in [0, 0.1) is 11.8 Å². The number of rotatable bonds is 14. The van der Waals surface area contributed by atoms with Crippen LogP contribution in [0.2, 0.25) is 0 Å². The van der Waals surface area contributed by atoms with Crippen LogP contribution in [-0.2, 0) is 36.7 Å². The third-order valence-corrected chi connectivity index (χ3v) is 5.88. The molecule has 2 unspecified atom stereocenters. The second-order valence-electron chi connectivity index (χ2n) is 10.2. The van der Waals surface area contributed by atoms with Crippen LogP contribution < -0.4 is 11.1 Å². The van der Waals surface area contributed by atoms with Crippen LogP contribution in [0.1, 0.15) is 77.6 Å². The lowest BCUT2D eigenvalue weighted by molar-refractivity contribution is -0.148. The quantitative estimate of drug-likeness (QED) is 0.192. The predicted molar refractivity (Wildman–Crippen MR) is 155 cm³/mol. The first-order chi connectivity index (χ1) is 19.0. The van der Waals surface area contributed by atoms with Gasteiger partial charge in [0.25, 0.3) is 11.1 Å². The molecule has 2 aromatic heterocycles. The van der Waals surface area contributed by atoms with Gasteiger partial charge in [0.05, 0.1) is 13.2 Å². The minimum atomic E-state index is -0.644. The van der Waals surface area contributed by atoms with Crippen LogP contribution in [0.15, 0.2) is 58.9 Å². The molecule has 2 atom stereocenters. The Labute approximate surface area is 236 Å². The Balaban J connectivity index is 0.000000400. The highest BCUT2D eigenvalue weighted by molar-refractivity contribution is 5.74. The molecule has 0 N–H and O–H groups in total. The summed E-state index contributed by atoms with van der Waals surface area (Å²) in [4.78, 5) is 58.7. The van der Waals surface area contributed by atoms with Crippen LogP contribution in [-0.4, -0.2) is 40.6 Å². The predicted octanol–water partition coefficient (Wildman–Crippen LogP) is 4.47. The number of carbonyl (C=O) groups is 3.